The maximum Gasteiger partial charge on any atom is 0.328 e. The van der Waals surface area contributed by atoms with E-state index in [9.17, 15) is 13.2 Å². The van der Waals surface area contributed by atoms with Gasteiger partial charge in [0.1, 0.15) is 0 Å². The highest BCUT2D eigenvalue weighted by atomic mass is 32.2. The Morgan fingerprint density at radius 1 is 1.38 bits per heavy atom. The summed E-state index contributed by atoms with van der Waals surface area (Å²) in [6.45, 7) is 2.12. The molecule has 0 amide bonds. The zero-order valence-corrected chi connectivity index (χ0v) is 12.6. The van der Waals surface area contributed by atoms with E-state index in [1.165, 1.54) is 18.2 Å². The average molecular weight is 309 g/mol. The summed E-state index contributed by atoms with van der Waals surface area (Å²) < 4.78 is 27.4. The number of carboxylic acids is 1. The van der Waals surface area contributed by atoms with E-state index in [4.69, 9.17) is 5.11 Å². The molecule has 0 aliphatic heterocycles. The lowest BCUT2D eigenvalue weighted by Gasteiger charge is -2.13. The molecular weight excluding hydrogens is 290 g/mol. The first kappa shape index (κ1) is 15.7. The first-order chi connectivity index (χ1) is 9.87. The molecular formula is C15H19NO4S. The molecule has 1 aliphatic carbocycles. The predicted molar refractivity (Wildman–Crippen MR) is 80.2 cm³/mol. The minimum Gasteiger partial charge on any atom is -0.478 e. The van der Waals surface area contributed by atoms with Gasteiger partial charge >= 0.3 is 5.97 Å². The van der Waals surface area contributed by atoms with Crippen LogP contribution in [0.25, 0.3) is 6.08 Å². The van der Waals surface area contributed by atoms with Gasteiger partial charge in [-0.3, -0.25) is 0 Å². The highest BCUT2D eigenvalue weighted by molar-refractivity contribution is 7.89. The Hall–Kier alpha value is -1.66. The van der Waals surface area contributed by atoms with Gasteiger partial charge in [0.15, 0.2) is 0 Å². The minimum atomic E-state index is -3.56. The zero-order valence-electron chi connectivity index (χ0n) is 11.8. The number of benzene rings is 1. The van der Waals surface area contributed by atoms with E-state index in [0.29, 0.717) is 11.5 Å². The standard InChI is InChI=1S/C15H19NO4S/c1-11-5-7-13(9-11)16-21(19,20)14-4-2-3-12(10-14)6-8-15(17)18/h2-4,6,8,10-11,13,16H,5,7,9H2,1H3,(H,17,18)/b8-6+. The van der Waals surface area contributed by atoms with Crippen LogP contribution in [-0.4, -0.2) is 25.5 Å². The lowest BCUT2D eigenvalue weighted by molar-refractivity contribution is -0.131. The molecule has 2 unspecified atom stereocenters. The Morgan fingerprint density at radius 2 is 2.14 bits per heavy atom. The topological polar surface area (TPSA) is 83.5 Å². The van der Waals surface area contributed by atoms with E-state index in [-0.39, 0.29) is 10.9 Å². The Bertz CT molecular complexity index is 651. The maximum atomic E-state index is 12.3. The molecule has 0 heterocycles. The summed E-state index contributed by atoms with van der Waals surface area (Å²) in [5.41, 5.74) is 0.542. The number of aliphatic carboxylic acids is 1. The second kappa shape index (κ2) is 6.41. The minimum absolute atomic E-state index is 0.0109. The fraction of sp³-hybridized carbons (Fsp3) is 0.400. The molecule has 0 bridgehead atoms. The van der Waals surface area contributed by atoms with Gasteiger partial charge in [0.25, 0.3) is 0 Å². The Morgan fingerprint density at radius 3 is 2.76 bits per heavy atom. The van der Waals surface area contributed by atoms with Crippen molar-refractivity contribution in [1.29, 1.82) is 0 Å². The number of hydrogen-bond acceptors (Lipinski definition) is 3. The van der Waals surface area contributed by atoms with Gasteiger partial charge in [0.05, 0.1) is 4.90 Å². The summed E-state index contributed by atoms with van der Waals surface area (Å²) in [4.78, 5) is 10.7. The van der Waals surface area contributed by atoms with E-state index in [1.807, 2.05) is 0 Å². The van der Waals surface area contributed by atoms with Crippen LogP contribution in [0.15, 0.2) is 35.2 Å². The summed E-state index contributed by atoms with van der Waals surface area (Å²) in [5.74, 6) is -0.524. The molecule has 5 nitrogen and oxygen atoms in total. The summed E-state index contributed by atoms with van der Waals surface area (Å²) in [7, 11) is -3.56. The number of sulfonamides is 1. The van der Waals surface area contributed by atoms with Crippen LogP contribution in [-0.2, 0) is 14.8 Å². The molecule has 1 saturated carbocycles. The van der Waals surface area contributed by atoms with Crippen LogP contribution in [0.3, 0.4) is 0 Å². The van der Waals surface area contributed by atoms with Crippen molar-refractivity contribution in [2.75, 3.05) is 0 Å². The van der Waals surface area contributed by atoms with Gasteiger partial charge in [-0.05, 0) is 49.0 Å². The second-order valence-electron chi connectivity index (χ2n) is 5.48. The third kappa shape index (κ3) is 4.41. The number of carboxylic acid groups (broad SMARTS) is 1. The smallest absolute Gasteiger partial charge is 0.328 e. The van der Waals surface area contributed by atoms with Gasteiger partial charge in [0.2, 0.25) is 10.0 Å². The van der Waals surface area contributed by atoms with Gasteiger partial charge in [-0.1, -0.05) is 19.1 Å². The number of nitrogens with one attached hydrogen (secondary N) is 1. The molecule has 0 aromatic heterocycles. The lowest BCUT2D eigenvalue weighted by atomic mass is 10.1. The zero-order chi connectivity index (χ0) is 15.5. The first-order valence-electron chi connectivity index (χ1n) is 6.90. The fourth-order valence-electron chi connectivity index (χ4n) is 2.55. The molecule has 0 spiro atoms. The molecule has 21 heavy (non-hydrogen) atoms. The lowest BCUT2D eigenvalue weighted by Crippen LogP contribution is -2.32. The Labute approximate surface area is 124 Å². The molecule has 0 radical (unpaired) electrons. The third-order valence-corrected chi connectivity index (χ3v) is 5.12. The molecule has 114 valence electrons. The summed E-state index contributed by atoms with van der Waals surface area (Å²) >= 11 is 0. The summed E-state index contributed by atoms with van der Waals surface area (Å²) in [6, 6.07) is 6.24. The van der Waals surface area contributed by atoms with Gasteiger partial charge < -0.3 is 5.11 Å². The SMILES string of the molecule is CC1CCC(NS(=O)(=O)c2cccc(/C=C/C(=O)O)c2)C1. The van der Waals surface area contributed by atoms with E-state index >= 15 is 0 Å². The molecule has 1 aliphatic rings. The second-order valence-corrected chi connectivity index (χ2v) is 7.19. The van der Waals surface area contributed by atoms with Crippen molar-refractivity contribution in [2.45, 2.75) is 37.1 Å². The number of rotatable bonds is 5. The Balaban J connectivity index is 2.16. The molecule has 1 aromatic carbocycles. The van der Waals surface area contributed by atoms with Crippen LogP contribution < -0.4 is 4.72 Å². The Kier molecular flexibility index (Phi) is 4.80. The van der Waals surface area contributed by atoms with Crippen LogP contribution in [0.5, 0.6) is 0 Å². The highest BCUT2D eigenvalue weighted by Gasteiger charge is 2.26. The molecule has 1 fully saturated rings. The number of carbonyl (C=O) groups is 1. The molecule has 2 atom stereocenters. The van der Waals surface area contributed by atoms with E-state index in [0.717, 1.165) is 25.3 Å². The molecule has 2 N–H and O–H groups in total. The fourth-order valence-corrected chi connectivity index (χ4v) is 3.89. The monoisotopic (exact) mass is 309 g/mol. The van der Waals surface area contributed by atoms with Crippen molar-refractivity contribution in [3.8, 4) is 0 Å². The van der Waals surface area contributed by atoms with Crippen molar-refractivity contribution >= 4 is 22.1 Å². The quantitative estimate of drug-likeness (QED) is 0.817. The van der Waals surface area contributed by atoms with Crippen LogP contribution in [0.4, 0.5) is 0 Å². The van der Waals surface area contributed by atoms with Crippen molar-refractivity contribution in [1.82, 2.24) is 4.72 Å². The average Bonchev–Trinajstić information content (AvgIpc) is 2.81. The maximum absolute atomic E-state index is 12.3. The van der Waals surface area contributed by atoms with Crippen molar-refractivity contribution in [2.24, 2.45) is 5.92 Å². The number of hydrogen-bond donors (Lipinski definition) is 2. The van der Waals surface area contributed by atoms with Crippen molar-refractivity contribution in [3.63, 3.8) is 0 Å². The van der Waals surface area contributed by atoms with Gasteiger partial charge in [-0.25, -0.2) is 17.9 Å². The molecule has 6 heteroatoms. The van der Waals surface area contributed by atoms with Crippen LogP contribution in [0.2, 0.25) is 0 Å². The van der Waals surface area contributed by atoms with Crippen LogP contribution >= 0.6 is 0 Å². The molecule has 2 rings (SSSR count). The van der Waals surface area contributed by atoms with Gasteiger partial charge in [0, 0.05) is 12.1 Å². The normalized spacial score (nSPS) is 22.7. The van der Waals surface area contributed by atoms with E-state index in [1.54, 1.807) is 12.1 Å². The summed E-state index contributed by atoms with van der Waals surface area (Å²) in [5, 5.41) is 8.60. The largest absolute Gasteiger partial charge is 0.478 e. The van der Waals surface area contributed by atoms with Gasteiger partial charge in [-0.2, -0.15) is 0 Å². The van der Waals surface area contributed by atoms with Crippen molar-refractivity contribution < 1.29 is 18.3 Å². The first-order valence-corrected chi connectivity index (χ1v) is 8.38. The highest BCUT2D eigenvalue weighted by Crippen LogP contribution is 2.26. The van der Waals surface area contributed by atoms with E-state index < -0.39 is 16.0 Å². The molecule has 1 aromatic rings. The van der Waals surface area contributed by atoms with Gasteiger partial charge in [-0.15, -0.1) is 0 Å². The predicted octanol–water partition coefficient (Wildman–Crippen LogP) is 2.25. The van der Waals surface area contributed by atoms with Crippen LogP contribution in [0, 0.1) is 5.92 Å². The van der Waals surface area contributed by atoms with E-state index in [2.05, 4.69) is 11.6 Å². The third-order valence-electron chi connectivity index (χ3n) is 3.60. The van der Waals surface area contributed by atoms with Crippen LogP contribution in [0.1, 0.15) is 31.7 Å². The summed E-state index contributed by atoms with van der Waals surface area (Å²) in [6.07, 6.45) is 5.11. The van der Waals surface area contributed by atoms with Crippen molar-refractivity contribution in [3.05, 3.63) is 35.9 Å². The molecule has 0 saturated heterocycles.